The maximum absolute atomic E-state index is 14.1. The second kappa shape index (κ2) is 14.6. The predicted molar refractivity (Wildman–Crippen MR) is 166 cm³/mol. The van der Waals surface area contributed by atoms with E-state index in [0.29, 0.717) is 22.2 Å². The number of hydrogen-bond donors (Lipinski definition) is 1. The summed E-state index contributed by atoms with van der Waals surface area (Å²) in [5.41, 5.74) is 0.566. The third-order valence-corrected chi connectivity index (χ3v) is 9.50. The fraction of sp³-hybridized carbons (Fsp3) is 0.310. The summed E-state index contributed by atoms with van der Waals surface area (Å²) >= 11 is 25.2. The number of sulfonamides is 1. The number of rotatable bonds is 12. The molecular formula is C29H31Cl4N3O4S. The van der Waals surface area contributed by atoms with Gasteiger partial charge in [-0.25, -0.2) is 8.42 Å². The molecular weight excluding hydrogens is 628 g/mol. The third-order valence-electron chi connectivity index (χ3n) is 6.26. The van der Waals surface area contributed by atoms with Crippen molar-refractivity contribution < 1.29 is 18.0 Å². The first-order chi connectivity index (χ1) is 19.4. The Balaban J connectivity index is 2.10. The molecule has 0 saturated heterocycles. The summed E-state index contributed by atoms with van der Waals surface area (Å²) in [5, 5.41) is 3.84. The van der Waals surface area contributed by atoms with Crippen molar-refractivity contribution in [2.24, 2.45) is 5.92 Å². The van der Waals surface area contributed by atoms with Gasteiger partial charge in [0.25, 0.3) is 10.0 Å². The van der Waals surface area contributed by atoms with E-state index in [-0.39, 0.29) is 45.4 Å². The van der Waals surface area contributed by atoms with E-state index in [2.05, 4.69) is 5.32 Å². The normalized spacial score (nSPS) is 12.2. The smallest absolute Gasteiger partial charge is 0.264 e. The largest absolute Gasteiger partial charge is 0.354 e. The average molecular weight is 659 g/mol. The minimum atomic E-state index is -4.24. The molecule has 0 aliphatic heterocycles. The summed E-state index contributed by atoms with van der Waals surface area (Å²) in [5.74, 6) is -0.831. The Bertz CT molecular complexity index is 1470. The van der Waals surface area contributed by atoms with Gasteiger partial charge in [0.05, 0.1) is 20.6 Å². The molecule has 0 spiro atoms. The van der Waals surface area contributed by atoms with Crippen LogP contribution >= 0.6 is 46.4 Å². The van der Waals surface area contributed by atoms with Gasteiger partial charge in [-0.1, -0.05) is 91.4 Å². The Morgan fingerprint density at radius 3 is 2.05 bits per heavy atom. The zero-order valence-electron chi connectivity index (χ0n) is 22.8. The van der Waals surface area contributed by atoms with Gasteiger partial charge in [-0.15, -0.1) is 0 Å². The number of anilines is 1. The van der Waals surface area contributed by atoms with Crippen LogP contribution in [0.25, 0.3) is 0 Å². The van der Waals surface area contributed by atoms with Gasteiger partial charge in [-0.3, -0.25) is 13.9 Å². The molecule has 0 saturated carbocycles. The van der Waals surface area contributed by atoms with Crippen LogP contribution in [0.5, 0.6) is 0 Å². The molecule has 0 fully saturated rings. The fourth-order valence-electron chi connectivity index (χ4n) is 4.08. The van der Waals surface area contributed by atoms with E-state index in [4.69, 9.17) is 46.4 Å². The van der Waals surface area contributed by atoms with E-state index >= 15 is 0 Å². The number of nitrogens with one attached hydrogen (secondary N) is 1. The Labute approximate surface area is 261 Å². The predicted octanol–water partition coefficient (Wildman–Crippen LogP) is 7.08. The zero-order valence-corrected chi connectivity index (χ0v) is 26.6. The summed E-state index contributed by atoms with van der Waals surface area (Å²) in [6.07, 6.45) is 0.260. The molecule has 3 aromatic carbocycles. The maximum atomic E-state index is 14.1. The van der Waals surface area contributed by atoms with Crippen LogP contribution in [0.4, 0.5) is 5.69 Å². The van der Waals surface area contributed by atoms with Crippen LogP contribution < -0.4 is 9.62 Å². The molecule has 0 radical (unpaired) electrons. The fourth-order valence-corrected chi connectivity index (χ4v) is 6.32. The summed E-state index contributed by atoms with van der Waals surface area (Å²) in [7, 11) is -4.24. The highest BCUT2D eigenvalue weighted by atomic mass is 35.5. The number of hydrogen-bond acceptors (Lipinski definition) is 4. The topological polar surface area (TPSA) is 86.8 Å². The summed E-state index contributed by atoms with van der Waals surface area (Å²) in [6.45, 7) is 5.33. The molecule has 12 heteroatoms. The van der Waals surface area contributed by atoms with Gasteiger partial charge >= 0.3 is 0 Å². The quantitative estimate of drug-likeness (QED) is 0.225. The minimum absolute atomic E-state index is 0.0266. The molecule has 0 aliphatic carbocycles. The maximum Gasteiger partial charge on any atom is 0.264 e. The van der Waals surface area contributed by atoms with E-state index in [9.17, 15) is 18.0 Å². The van der Waals surface area contributed by atoms with Crippen LogP contribution in [-0.4, -0.2) is 44.3 Å². The Hall–Kier alpha value is -2.49. The monoisotopic (exact) mass is 657 g/mol. The lowest BCUT2D eigenvalue weighted by Gasteiger charge is -2.33. The molecule has 0 heterocycles. The van der Waals surface area contributed by atoms with Crippen molar-refractivity contribution in [3.63, 3.8) is 0 Å². The molecule has 0 aromatic heterocycles. The van der Waals surface area contributed by atoms with Crippen LogP contribution in [0.1, 0.15) is 32.8 Å². The van der Waals surface area contributed by atoms with E-state index in [0.717, 1.165) is 4.31 Å². The second-order valence-corrected chi connectivity index (χ2v) is 13.2. The molecule has 0 unspecified atom stereocenters. The van der Waals surface area contributed by atoms with E-state index in [1.54, 1.807) is 43.3 Å². The lowest BCUT2D eigenvalue weighted by molar-refractivity contribution is -0.140. The highest BCUT2D eigenvalue weighted by molar-refractivity contribution is 7.92. The lowest BCUT2D eigenvalue weighted by atomic mass is 10.1. The zero-order chi connectivity index (χ0) is 30.3. The molecule has 3 aromatic rings. The number of carbonyl (C=O) groups excluding carboxylic acids is 2. The SMILES string of the molecule is CC[C@@H](C(=O)NCC(C)C)N(Cc1c(Cl)cccc1Cl)C(=O)CN(c1ccc(Cl)c(Cl)c1)S(=O)(=O)c1ccccc1. The average Bonchev–Trinajstić information content (AvgIpc) is 2.93. The van der Waals surface area contributed by atoms with Gasteiger partial charge in [0, 0.05) is 28.7 Å². The lowest BCUT2D eigenvalue weighted by Crippen LogP contribution is -2.52. The molecule has 1 N–H and O–H groups in total. The van der Waals surface area contributed by atoms with E-state index in [1.807, 2.05) is 13.8 Å². The van der Waals surface area contributed by atoms with Crippen LogP contribution in [0.2, 0.25) is 20.1 Å². The van der Waals surface area contributed by atoms with Crippen molar-refractivity contribution in [1.29, 1.82) is 0 Å². The first-order valence-corrected chi connectivity index (χ1v) is 15.8. The molecule has 220 valence electrons. The molecule has 7 nitrogen and oxygen atoms in total. The summed E-state index contributed by atoms with van der Waals surface area (Å²) < 4.78 is 28.7. The first kappa shape index (κ1) is 33.0. The van der Waals surface area contributed by atoms with Gasteiger partial charge < -0.3 is 10.2 Å². The van der Waals surface area contributed by atoms with Gasteiger partial charge in [-0.05, 0) is 54.8 Å². The van der Waals surface area contributed by atoms with Crippen molar-refractivity contribution in [2.75, 3.05) is 17.4 Å². The number of halogens is 4. The van der Waals surface area contributed by atoms with Crippen LogP contribution in [-0.2, 0) is 26.2 Å². The van der Waals surface area contributed by atoms with Crippen LogP contribution in [0.3, 0.4) is 0 Å². The highest BCUT2D eigenvalue weighted by Gasteiger charge is 2.34. The number of nitrogens with zero attached hydrogens (tertiary/aromatic N) is 2. The van der Waals surface area contributed by atoms with Crippen molar-refractivity contribution in [2.45, 2.75) is 44.7 Å². The number of amides is 2. The molecule has 1 atom stereocenters. The second-order valence-electron chi connectivity index (χ2n) is 9.71. The van der Waals surface area contributed by atoms with Crippen LogP contribution in [0, 0.1) is 5.92 Å². The van der Waals surface area contributed by atoms with E-state index < -0.39 is 28.5 Å². The molecule has 41 heavy (non-hydrogen) atoms. The highest BCUT2D eigenvalue weighted by Crippen LogP contribution is 2.32. The van der Waals surface area contributed by atoms with Gasteiger partial charge in [0.15, 0.2) is 0 Å². The standard InChI is InChI=1S/C29H31Cl4N3O4S/c1-4-27(29(38)34-16-19(2)3)35(17-22-23(30)11-8-12-24(22)31)28(37)18-36(20-13-14-25(32)26(33)15-20)41(39,40)21-9-6-5-7-10-21/h5-15,19,27H,4,16-18H2,1-3H3,(H,34,38)/t27-/m0/s1. The van der Waals surface area contributed by atoms with Crippen molar-refractivity contribution in [1.82, 2.24) is 10.2 Å². The van der Waals surface area contributed by atoms with Crippen molar-refractivity contribution in [3.8, 4) is 0 Å². The van der Waals surface area contributed by atoms with Crippen LogP contribution in [0.15, 0.2) is 71.6 Å². The van der Waals surface area contributed by atoms with Crippen molar-refractivity contribution >= 4 is 73.9 Å². The van der Waals surface area contributed by atoms with E-state index in [1.165, 1.54) is 35.2 Å². The van der Waals surface area contributed by atoms with Gasteiger partial charge in [0.2, 0.25) is 11.8 Å². The number of benzene rings is 3. The summed E-state index contributed by atoms with van der Waals surface area (Å²) in [4.78, 5) is 28.7. The Kier molecular flexibility index (Phi) is 11.8. The third kappa shape index (κ3) is 8.30. The Morgan fingerprint density at radius 2 is 1.49 bits per heavy atom. The van der Waals surface area contributed by atoms with Gasteiger partial charge in [-0.2, -0.15) is 0 Å². The van der Waals surface area contributed by atoms with Gasteiger partial charge in [0.1, 0.15) is 12.6 Å². The first-order valence-electron chi connectivity index (χ1n) is 12.9. The molecule has 3 rings (SSSR count). The summed E-state index contributed by atoms with van der Waals surface area (Å²) in [6, 6.07) is 16.0. The Morgan fingerprint density at radius 1 is 0.854 bits per heavy atom. The molecule has 0 bridgehead atoms. The number of carbonyl (C=O) groups is 2. The molecule has 0 aliphatic rings. The minimum Gasteiger partial charge on any atom is -0.354 e. The molecule has 2 amide bonds. The van der Waals surface area contributed by atoms with Crippen molar-refractivity contribution in [3.05, 3.63) is 92.4 Å².